The van der Waals surface area contributed by atoms with Gasteiger partial charge in [0.2, 0.25) is 5.91 Å². The zero-order valence-corrected chi connectivity index (χ0v) is 16.6. The standard InChI is InChI=1S/C20H34N4O/c1-14(13-19-16(3)21-22(5)17(19)4)20(25)23-11-8-18(9-12-23)24-10-6-7-15(24)2/h14-15,18H,6-13H2,1-5H3/t14-,15+/m1/s1. The molecule has 140 valence electrons. The SMILES string of the molecule is Cc1nn(C)c(C)c1C[C@@H](C)C(=O)N1CCC(N2CCC[C@@H]2C)CC1. The number of piperidine rings is 1. The number of likely N-dealkylation sites (tertiary alicyclic amines) is 2. The number of carbonyl (C=O) groups is 1. The topological polar surface area (TPSA) is 41.4 Å². The van der Waals surface area contributed by atoms with Gasteiger partial charge in [-0.15, -0.1) is 0 Å². The molecular weight excluding hydrogens is 312 g/mol. The maximum absolute atomic E-state index is 12.9. The van der Waals surface area contributed by atoms with Gasteiger partial charge < -0.3 is 4.90 Å². The first-order chi connectivity index (χ1) is 11.9. The molecule has 5 heteroatoms. The molecule has 3 heterocycles. The van der Waals surface area contributed by atoms with Crippen molar-refractivity contribution in [3.05, 3.63) is 17.0 Å². The van der Waals surface area contributed by atoms with E-state index in [2.05, 4.69) is 35.7 Å². The van der Waals surface area contributed by atoms with E-state index in [1.165, 1.54) is 30.6 Å². The van der Waals surface area contributed by atoms with E-state index in [9.17, 15) is 4.79 Å². The summed E-state index contributed by atoms with van der Waals surface area (Å²) in [6.45, 7) is 11.6. The van der Waals surface area contributed by atoms with Crippen LogP contribution in [0.15, 0.2) is 0 Å². The molecule has 1 aromatic heterocycles. The van der Waals surface area contributed by atoms with Crippen LogP contribution in [0.1, 0.15) is 56.5 Å². The fourth-order valence-electron chi connectivity index (χ4n) is 4.73. The van der Waals surface area contributed by atoms with Gasteiger partial charge in [-0.3, -0.25) is 14.4 Å². The second-order valence-electron chi connectivity index (χ2n) is 8.16. The molecule has 0 unspecified atom stereocenters. The lowest BCUT2D eigenvalue weighted by Gasteiger charge is -2.39. The summed E-state index contributed by atoms with van der Waals surface area (Å²) < 4.78 is 1.92. The van der Waals surface area contributed by atoms with Crippen LogP contribution in [0.4, 0.5) is 0 Å². The lowest BCUT2D eigenvalue weighted by Crippen LogP contribution is -2.48. The van der Waals surface area contributed by atoms with E-state index in [0.717, 1.165) is 44.1 Å². The van der Waals surface area contributed by atoms with E-state index >= 15 is 0 Å². The summed E-state index contributed by atoms with van der Waals surface area (Å²) in [5, 5.41) is 4.48. The van der Waals surface area contributed by atoms with Crippen LogP contribution in [0.25, 0.3) is 0 Å². The number of rotatable bonds is 4. The first-order valence-corrected chi connectivity index (χ1v) is 9.92. The largest absolute Gasteiger partial charge is 0.342 e. The van der Waals surface area contributed by atoms with Crippen LogP contribution in [-0.4, -0.2) is 57.2 Å². The Balaban J connectivity index is 1.55. The van der Waals surface area contributed by atoms with E-state index in [0.29, 0.717) is 11.9 Å². The Kier molecular flexibility index (Phi) is 5.52. The van der Waals surface area contributed by atoms with E-state index < -0.39 is 0 Å². The summed E-state index contributed by atoms with van der Waals surface area (Å²) in [7, 11) is 1.97. The van der Waals surface area contributed by atoms with E-state index in [-0.39, 0.29) is 5.92 Å². The fourth-order valence-corrected chi connectivity index (χ4v) is 4.73. The number of carbonyl (C=O) groups excluding carboxylic acids is 1. The molecule has 0 spiro atoms. The normalized spacial score (nSPS) is 24.0. The Bertz CT molecular complexity index is 615. The summed E-state index contributed by atoms with van der Waals surface area (Å²) in [6, 6.07) is 1.40. The van der Waals surface area contributed by atoms with Gasteiger partial charge in [0.05, 0.1) is 5.69 Å². The molecular formula is C20H34N4O. The molecule has 0 saturated carbocycles. The van der Waals surface area contributed by atoms with Gasteiger partial charge in [-0.25, -0.2) is 0 Å². The van der Waals surface area contributed by atoms with Crippen molar-refractivity contribution in [3.63, 3.8) is 0 Å². The van der Waals surface area contributed by atoms with Crippen molar-refractivity contribution in [2.75, 3.05) is 19.6 Å². The summed E-state index contributed by atoms with van der Waals surface area (Å²) in [6.07, 6.45) is 5.73. The van der Waals surface area contributed by atoms with Gasteiger partial charge in [-0.05, 0) is 65.0 Å². The lowest BCUT2D eigenvalue weighted by atomic mass is 9.96. The van der Waals surface area contributed by atoms with E-state index in [1.807, 2.05) is 18.7 Å². The third kappa shape index (κ3) is 3.76. The Morgan fingerprint density at radius 2 is 1.88 bits per heavy atom. The zero-order valence-electron chi connectivity index (χ0n) is 16.6. The number of aryl methyl sites for hydroxylation is 2. The molecule has 0 radical (unpaired) electrons. The Morgan fingerprint density at radius 3 is 2.40 bits per heavy atom. The second-order valence-corrected chi connectivity index (χ2v) is 8.16. The number of hydrogen-bond donors (Lipinski definition) is 0. The molecule has 2 fully saturated rings. The third-order valence-electron chi connectivity index (χ3n) is 6.44. The zero-order chi connectivity index (χ0) is 18.1. The fraction of sp³-hybridized carbons (Fsp3) is 0.800. The average Bonchev–Trinajstić information content (AvgIpc) is 3.13. The quantitative estimate of drug-likeness (QED) is 0.842. The van der Waals surface area contributed by atoms with Crippen molar-refractivity contribution in [2.24, 2.45) is 13.0 Å². The second kappa shape index (κ2) is 7.48. The van der Waals surface area contributed by atoms with Crippen LogP contribution >= 0.6 is 0 Å². The smallest absolute Gasteiger partial charge is 0.225 e. The van der Waals surface area contributed by atoms with Gasteiger partial charge in [0, 0.05) is 43.8 Å². The number of hydrogen-bond acceptors (Lipinski definition) is 3. The van der Waals surface area contributed by atoms with Crippen LogP contribution in [0, 0.1) is 19.8 Å². The first kappa shape index (κ1) is 18.4. The molecule has 0 aliphatic carbocycles. The van der Waals surface area contributed by atoms with Crippen molar-refractivity contribution in [1.82, 2.24) is 19.6 Å². The van der Waals surface area contributed by atoms with Crippen molar-refractivity contribution >= 4 is 5.91 Å². The van der Waals surface area contributed by atoms with Crippen molar-refractivity contribution < 1.29 is 4.79 Å². The summed E-state index contributed by atoms with van der Waals surface area (Å²) >= 11 is 0. The molecule has 2 aliphatic rings. The minimum atomic E-state index is 0.0314. The molecule has 0 aromatic carbocycles. The van der Waals surface area contributed by atoms with Gasteiger partial charge in [0.1, 0.15) is 0 Å². The number of nitrogens with zero attached hydrogens (tertiary/aromatic N) is 4. The van der Waals surface area contributed by atoms with Crippen molar-refractivity contribution in [1.29, 1.82) is 0 Å². The van der Waals surface area contributed by atoms with E-state index in [4.69, 9.17) is 0 Å². The molecule has 25 heavy (non-hydrogen) atoms. The van der Waals surface area contributed by atoms with Gasteiger partial charge in [-0.1, -0.05) is 6.92 Å². The maximum Gasteiger partial charge on any atom is 0.225 e. The molecule has 2 aliphatic heterocycles. The van der Waals surface area contributed by atoms with Crippen molar-refractivity contribution in [2.45, 2.75) is 71.9 Å². The number of amides is 1. The summed E-state index contributed by atoms with van der Waals surface area (Å²) in [4.78, 5) is 17.7. The van der Waals surface area contributed by atoms with Crippen LogP contribution in [0.5, 0.6) is 0 Å². The van der Waals surface area contributed by atoms with Gasteiger partial charge in [-0.2, -0.15) is 5.10 Å². The predicted molar refractivity (Wildman–Crippen MR) is 101 cm³/mol. The van der Waals surface area contributed by atoms with Crippen LogP contribution < -0.4 is 0 Å². The Hall–Kier alpha value is -1.36. The molecule has 1 amide bonds. The third-order valence-corrected chi connectivity index (χ3v) is 6.44. The van der Waals surface area contributed by atoms with Crippen molar-refractivity contribution in [3.8, 4) is 0 Å². The highest BCUT2D eigenvalue weighted by atomic mass is 16.2. The monoisotopic (exact) mass is 346 g/mol. The molecule has 2 saturated heterocycles. The van der Waals surface area contributed by atoms with Crippen LogP contribution in [-0.2, 0) is 18.3 Å². The van der Waals surface area contributed by atoms with Crippen LogP contribution in [0.3, 0.4) is 0 Å². The van der Waals surface area contributed by atoms with E-state index in [1.54, 1.807) is 0 Å². The highest BCUT2D eigenvalue weighted by Crippen LogP contribution is 2.26. The molecule has 5 nitrogen and oxygen atoms in total. The molecule has 2 atom stereocenters. The molecule has 0 N–H and O–H groups in total. The minimum absolute atomic E-state index is 0.0314. The molecule has 3 rings (SSSR count). The van der Waals surface area contributed by atoms with Gasteiger partial charge in [0.15, 0.2) is 0 Å². The summed E-state index contributed by atoms with van der Waals surface area (Å²) in [5.41, 5.74) is 3.48. The first-order valence-electron chi connectivity index (χ1n) is 9.92. The summed E-state index contributed by atoms with van der Waals surface area (Å²) in [5.74, 6) is 0.347. The average molecular weight is 347 g/mol. The maximum atomic E-state index is 12.9. The Morgan fingerprint density at radius 1 is 1.20 bits per heavy atom. The highest BCUT2D eigenvalue weighted by Gasteiger charge is 2.32. The molecule has 0 bridgehead atoms. The molecule has 1 aromatic rings. The lowest BCUT2D eigenvalue weighted by molar-refractivity contribution is -0.136. The highest BCUT2D eigenvalue weighted by molar-refractivity contribution is 5.79. The van der Waals surface area contributed by atoms with Crippen LogP contribution in [0.2, 0.25) is 0 Å². The predicted octanol–water partition coefficient (Wildman–Crippen LogP) is 2.69. The minimum Gasteiger partial charge on any atom is -0.342 e. The van der Waals surface area contributed by atoms with Gasteiger partial charge >= 0.3 is 0 Å². The Labute approximate surface area is 152 Å². The number of aromatic nitrogens is 2. The van der Waals surface area contributed by atoms with Gasteiger partial charge in [0.25, 0.3) is 0 Å².